The number of alkyl carbamates (subject to hydrolysis) is 1. The molecule has 0 spiro atoms. The minimum Gasteiger partial charge on any atom is -0.444 e. The van der Waals surface area contributed by atoms with Gasteiger partial charge >= 0.3 is 18.2 Å². The Hall–Kier alpha value is -2.51. The van der Waals surface area contributed by atoms with Crippen LogP contribution in [0, 0.1) is 11.8 Å². The summed E-state index contributed by atoms with van der Waals surface area (Å²) in [7, 11) is 0. The molecule has 0 aromatic carbocycles. The van der Waals surface area contributed by atoms with Crippen molar-refractivity contribution < 1.29 is 51.0 Å². The Kier molecular flexibility index (Phi) is 9.86. The average Bonchev–Trinajstić information content (AvgIpc) is 3.08. The summed E-state index contributed by atoms with van der Waals surface area (Å²) in [6.45, 7) is 9.96. The van der Waals surface area contributed by atoms with Gasteiger partial charge in [0.05, 0.1) is 12.1 Å². The number of alkyl halides is 5. The number of nitrogens with zero attached hydrogens (tertiary/aromatic N) is 1. The molecule has 208 valence electrons. The monoisotopic (exact) mass is 531 g/mol. The van der Waals surface area contributed by atoms with E-state index in [1.165, 1.54) is 13.8 Å². The van der Waals surface area contributed by atoms with Crippen LogP contribution in [0.25, 0.3) is 0 Å². The summed E-state index contributed by atoms with van der Waals surface area (Å²) >= 11 is 0. The second-order valence-electron chi connectivity index (χ2n) is 10.4. The molecule has 14 heteroatoms. The van der Waals surface area contributed by atoms with Crippen LogP contribution in [0.15, 0.2) is 0 Å². The summed E-state index contributed by atoms with van der Waals surface area (Å²) in [5.41, 5.74) is -0.877. The van der Waals surface area contributed by atoms with E-state index in [1.54, 1.807) is 34.6 Å². The van der Waals surface area contributed by atoms with Crippen LogP contribution in [0.3, 0.4) is 0 Å². The third-order valence-corrected chi connectivity index (χ3v) is 5.38. The molecule has 0 bridgehead atoms. The first-order valence-electron chi connectivity index (χ1n) is 11.4. The lowest BCUT2D eigenvalue weighted by molar-refractivity contribution is -0.270. The van der Waals surface area contributed by atoms with Crippen molar-refractivity contribution in [2.45, 2.75) is 96.8 Å². The van der Waals surface area contributed by atoms with Gasteiger partial charge in [0.2, 0.25) is 17.6 Å². The zero-order chi connectivity index (χ0) is 28.4. The average molecular weight is 532 g/mol. The number of ether oxygens (including phenoxy) is 1. The molecule has 1 saturated heterocycles. The number of likely N-dealkylation sites (tertiary alicyclic amines) is 1. The smallest absolute Gasteiger partial charge is 0.444 e. The molecule has 1 rings (SSSR count). The summed E-state index contributed by atoms with van der Waals surface area (Å²) in [6.07, 6.45) is -8.66. The third-order valence-electron chi connectivity index (χ3n) is 5.38. The lowest BCUT2D eigenvalue weighted by Crippen LogP contribution is -2.60. The fraction of sp³-hybridized carbons (Fsp3) is 0.818. The Morgan fingerprint density at radius 3 is 1.83 bits per heavy atom. The fourth-order valence-corrected chi connectivity index (χ4v) is 3.55. The molecule has 3 N–H and O–H groups in total. The largest absolute Gasteiger partial charge is 0.461 e. The van der Waals surface area contributed by atoms with Crippen LogP contribution >= 0.6 is 0 Å². The second kappa shape index (κ2) is 11.3. The first kappa shape index (κ1) is 31.5. The van der Waals surface area contributed by atoms with E-state index in [0.29, 0.717) is 0 Å². The topological polar surface area (TPSA) is 125 Å². The summed E-state index contributed by atoms with van der Waals surface area (Å²) in [5, 5.41) is 14.4. The number of hydrogen-bond donors (Lipinski definition) is 3. The highest BCUT2D eigenvalue weighted by Gasteiger charge is 2.65. The van der Waals surface area contributed by atoms with Crippen LogP contribution in [0.1, 0.15) is 54.9 Å². The molecule has 3 amide bonds. The number of aliphatic hydroxyl groups is 1. The molecule has 9 nitrogen and oxygen atoms in total. The van der Waals surface area contributed by atoms with Gasteiger partial charge < -0.3 is 25.4 Å². The number of rotatable bonds is 8. The third kappa shape index (κ3) is 7.74. The maximum absolute atomic E-state index is 13.7. The maximum Gasteiger partial charge on any atom is 0.461 e. The molecule has 1 unspecified atom stereocenters. The molecule has 0 aromatic rings. The van der Waals surface area contributed by atoms with Crippen molar-refractivity contribution in [1.29, 1.82) is 0 Å². The number of ketones is 1. The number of nitrogens with one attached hydrogen (secondary N) is 2. The summed E-state index contributed by atoms with van der Waals surface area (Å²) in [4.78, 5) is 51.3. The molecular weight excluding hydrogens is 497 g/mol. The van der Waals surface area contributed by atoms with Gasteiger partial charge in [-0.1, -0.05) is 27.7 Å². The Balaban J connectivity index is 3.16. The zero-order valence-electron chi connectivity index (χ0n) is 21.2. The normalized spacial score (nSPS) is 20.8. The van der Waals surface area contributed by atoms with E-state index in [1.807, 2.05) is 5.32 Å². The van der Waals surface area contributed by atoms with E-state index in [0.717, 1.165) is 4.90 Å². The fourth-order valence-electron chi connectivity index (χ4n) is 3.55. The van der Waals surface area contributed by atoms with E-state index in [2.05, 4.69) is 5.32 Å². The quantitative estimate of drug-likeness (QED) is 0.413. The highest BCUT2D eigenvalue weighted by molar-refractivity contribution is 5.97. The predicted molar refractivity (Wildman–Crippen MR) is 117 cm³/mol. The highest BCUT2D eigenvalue weighted by atomic mass is 19.4. The number of carbonyl (C=O) groups is 4. The lowest BCUT2D eigenvalue weighted by atomic mass is 9.95. The minimum atomic E-state index is -6.16. The van der Waals surface area contributed by atoms with Crippen molar-refractivity contribution in [3.05, 3.63) is 0 Å². The van der Waals surface area contributed by atoms with Crippen LogP contribution in [-0.4, -0.2) is 82.2 Å². The Morgan fingerprint density at radius 1 is 0.917 bits per heavy atom. The standard InChI is InChI=1S/C22H34F5N3O6/c1-10(2)14(16(32)21(23,24)22(25,26)27)28-17(33)13-8-12(31)9-30(13)18(34)15(11(3)4)29-19(35)36-20(5,6)7/h10-15,31H,8-9H2,1-7H3,(H,28,33)(H,29,35)/t12-,13+,14?,15+/m1/s1. The number of halogens is 5. The molecule has 36 heavy (non-hydrogen) atoms. The molecule has 0 aliphatic carbocycles. The van der Waals surface area contributed by atoms with Crippen molar-refractivity contribution in [1.82, 2.24) is 15.5 Å². The van der Waals surface area contributed by atoms with E-state index in [4.69, 9.17) is 4.74 Å². The SMILES string of the molecule is CC(C)C(NC(=O)[C@@H]1C[C@@H](O)CN1C(=O)[C@@H](NC(=O)OC(C)(C)C)C(C)C)C(=O)C(F)(F)C(F)(F)F. The van der Waals surface area contributed by atoms with Crippen molar-refractivity contribution in [2.75, 3.05) is 6.54 Å². The van der Waals surface area contributed by atoms with Gasteiger partial charge in [-0.3, -0.25) is 14.4 Å². The maximum atomic E-state index is 13.7. The van der Waals surface area contributed by atoms with Crippen LogP contribution in [0.2, 0.25) is 0 Å². The van der Waals surface area contributed by atoms with E-state index in [9.17, 15) is 46.2 Å². The van der Waals surface area contributed by atoms with Crippen molar-refractivity contribution in [3.8, 4) is 0 Å². The van der Waals surface area contributed by atoms with Gasteiger partial charge in [-0.05, 0) is 32.6 Å². The molecule has 0 aromatic heterocycles. The van der Waals surface area contributed by atoms with E-state index in [-0.39, 0.29) is 13.0 Å². The molecular formula is C22H34F5N3O6. The van der Waals surface area contributed by atoms with Gasteiger partial charge in [0, 0.05) is 13.0 Å². The molecule has 1 heterocycles. The number of aliphatic hydroxyl groups excluding tert-OH is 1. The molecule has 1 aliphatic rings. The number of β-amino-alcohol motifs (C(OH)–C–C–N with tert-alkyl or cyclic N) is 1. The van der Waals surface area contributed by atoms with Gasteiger partial charge in [0.25, 0.3) is 0 Å². The molecule has 1 fully saturated rings. The highest BCUT2D eigenvalue weighted by Crippen LogP contribution is 2.37. The van der Waals surface area contributed by atoms with Crippen molar-refractivity contribution in [3.63, 3.8) is 0 Å². The molecule has 4 atom stereocenters. The van der Waals surface area contributed by atoms with E-state index >= 15 is 0 Å². The molecule has 1 aliphatic heterocycles. The Morgan fingerprint density at radius 2 is 1.42 bits per heavy atom. The molecule has 0 saturated carbocycles. The van der Waals surface area contributed by atoms with Crippen molar-refractivity contribution >= 4 is 23.7 Å². The van der Waals surface area contributed by atoms with Gasteiger partial charge in [0.15, 0.2) is 0 Å². The first-order valence-corrected chi connectivity index (χ1v) is 11.4. The van der Waals surface area contributed by atoms with Crippen LogP contribution in [-0.2, 0) is 19.1 Å². The van der Waals surface area contributed by atoms with Gasteiger partial charge in [0.1, 0.15) is 17.7 Å². The molecule has 0 radical (unpaired) electrons. The minimum absolute atomic E-state index is 0.358. The van der Waals surface area contributed by atoms with Gasteiger partial charge in [-0.2, -0.15) is 22.0 Å². The number of hydrogen-bond acceptors (Lipinski definition) is 6. The number of amides is 3. The first-order chi connectivity index (χ1) is 16.1. The Bertz CT molecular complexity index is 841. The Labute approximate surface area is 206 Å². The number of carbonyl (C=O) groups excluding carboxylic acids is 4. The predicted octanol–water partition coefficient (Wildman–Crippen LogP) is 2.40. The van der Waals surface area contributed by atoms with E-state index < -0.39 is 77.5 Å². The van der Waals surface area contributed by atoms with Crippen molar-refractivity contribution in [2.24, 2.45) is 11.8 Å². The van der Waals surface area contributed by atoms with Gasteiger partial charge in [-0.15, -0.1) is 0 Å². The van der Waals surface area contributed by atoms with Gasteiger partial charge in [-0.25, -0.2) is 4.79 Å². The number of Topliss-reactive ketones (excluding diaryl/α,β-unsaturated/α-hetero) is 1. The summed E-state index contributed by atoms with van der Waals surface area (Å²) < 4.78 is 70.7. The van der Waals surface area contributed by atoms with Crippen LogP contribution in [0.5, 0.6) is 0 Å². The van der Waals surface area contributed by atoms with Crippen LogP contribution in [0.4, 0.5) is 26.7 Å². The summed E-state index contributed by atoms with van der Waals surface area (Å²) in [6, 6.07) is -4.91. The summed E-state index contributed by atoms with van der Waals surface area (Å²) in [5.74, 6) is -11.9. The second-order valence-corrected chi connectivity index (χ2v) is 10.4. The zero-order valence-corrected chi connectivity index (χ0v) is 21.2. The lowest BCUT2D eigenvalue weighted by Gasteiger charge is -2.32. The van der Waals surface area contributed by atoms with Crippen LogP contribution < -0.4 is 10.6 Å².